The average Bonchev–Trinajstić information content (AvgIpc) is 2.28. The van der Waals surface area contributed by atoms with Crippen LogP contribution in [0.5, 0.6) is 0 Å². The fraction of sp³-hybridized carbons (Fsp3) is 0.267. The molecule has 94 valence electrons. The molecule has 0 spiro atoms. The second-order valence-corrected chi connectivity index (χ2v) is 6.09. The highest BCUT2D eigenvalue weighted by molar-refractivity contribution is 6.39. The maximum Gasteiger partial charge on any atom is 0.0731 e. The molecular weight excluding hydrogens is 265 g/mol. The summed E-state index contributed by atoms with van der Waals surface area (Å²) >= 11 is 12.7. The van der Waals surface area contributed by atoms with Crippen LogP contribution in [0, 0.1) is 0 Å². The van der Waals surface area contributed by atoms with E-state index in [0.29, 0.717) is 10.0 Å². The lowest BCUT2D eigenvalue weighted by atomic mass is 9.86. The average molecular weight is 280 g/mol. The van der Waals surface area contributed by atoms with Gasteiger partial charge in [-0.2, -0.15) is 0 Å². The molecule has 0 bridgehead atoms. The van der Waals surface area contributed by atoms with E-state index in [9.17, 15) is 0 Å². The van der Waals surface area contributed by atoms with Crippen molar-refractivity contribution in [3.63, 3.8) is 0 Å². The van der Waals surface area contributed by atoms with E-state index in [2.05, 4.69) is 25.8 Å². The van der Waals surface area contributed by atoms with Gasteiger partial charge in [0.05, 0.1) is 15.7 Å². The minimum atomic E-state index is 0.0237. The van der Waals surface area contributed by atoms with E-state index >= 15 is 0 Å². The molecule has 0 saturated heterocycles. The van der Waals surface area contributed by atoms with Crippen LogP contribution in [0.4, 0.5) is 0 Å². The van der Waals surface area contributed by atoms with Gasteiger partial charge in [-0.05, 0) is 35.2 Å². The van der Waals surface area contributed by atoms with Gasteiger partial charge in [-0.1, -0.05) is 50.0 Å². The van der Waals surface area contributed by atoms with Crippen molar-refractivity contribution in [2.24, 2.45) is 0 Å². The Kier molecular flexibility index (Phi) is 3.65. The zero-order valence-electron chi connectivity index (χ0n) is 10.7. The minimum absolute atomic E-state index is 0.0237. The Labute approximate surface area is 118 Å². The molecular formula is C15H15Cl2N. The molecule has 0 N–H and O–H groups in total. The van der Waals surface area contributed by atoms with Crippen molar-refractivity contribution in [3.05, 3.63) is 52.1 Å². The molecule has 3 heteroatoms. The van der Waals surface area contributed by atoms with Gasteiger partial charge in [-0.15, -0.1) is 0 Å². The highest BCUT2D eigenvalue weighted by Gasteiger charge is 2.18. The molecule has 0 atom stereocenters. The van der Waals surface area contributed by atoms with Crippen molar-refractivity contribution >= 4 is 23.2 Å². The minimum Gasteiger partial charge on any atom is -0.256 e. The summed E-state index contributed by atoms with van der Waals surface area (Å²) in [6.45, 7) is 6.40. The van der Waals surface area contributed by atoms with Crippen LogP contribution in [0.3, 0.4) is 0 Å². The molecule has 18 heavy (non-hydrogen) atoms. The molecule has 1 aromatic heterocycles. The largest absolute Gasteiger partial charge is 0.256 e. The zero-order chi connectivity index (χ0) is 13.3. The van der Waals surface area contributed by atoms with Crippen LogP contribution in [-0.2, 0) is 5.41 Å². The van der Waals surface area contributed by atoms with Gasteiger partial charge >= 0.3 is 0 Å². The number of halogens is 2. The van der Waals surface area contributed by atoms with Crippen molar-refractivity contribution < 1.29 is 0 Å². The van der Waals surface area contributed by atoms with Crippen molar-refractivity contribution in [2.75, 3.05) is 0 Å². The molecule has 1 nitrogen and oxygen atoms in total. The monoisotopic (exact) mass is 279 g/mol. The molecule has 0 saturated carbocycles. The van der Waals surface area contributed by atoms with Gasteiger partial charge in [-0.25, -0.2) is 0 Å². The Morgan fingerprint density at radius 1 is 1.00 bits per heavy atom. The lowest BCUT2D eigenvalue weighted by Crippen LogP contribution is -2.11. The van der Waals surface area contributed by atoms with Crippen LogP contribution in [0.1, 0.15) is 26.3 Å². The molecule has 0 unspecified atom stereocenters. The highest BCUT2D eigenvalue weighted by atomic mass is 35.5. The Balaban J connectivity index is 2.59. The van der Waals surface area contributed by atoms with E-state index in [1.165, 1.54) is 0 Å². The summed E-state index contributed by atoms with van der Waals surface area (Å²) in [4.78, 5) is 4.29. The SMILES string of the molecule is CC(C)(C)c1cc(Cl)c(-c2ccccn2)c(Cl)c1. The van der Waals surface area contributed by atoms with Gasteiger partial charge in [0.2, 0.25) is 0 Å². The molecule has 0 fully saturated rings. The first-order chi connectivity index (χ1) is 8.39. The summed E-state index contributed by atoms with van der Waals surface area (Å²) in [5.41, 5.74) is 2.74. The van der Waals surface area contributed by atoms with E-state index in [1.54, 1.807) is 6.20 Å². The third kappa shape index (κ3) is 2.68. The lowest BCUT2D eigenvalue weighted by Gasteiger charge is -2.21. The topological polar surface area (TPSA) is 12.9 Å². The predicted molar refractivity (Wildman–Crippen MR) is 78.4 cm³/mol. The first-order valence-electron chi connectivity index (χ1n) is 5.80. The maximum atomic E-state index is 6.35. The van der Waals surface area contributed by atoms with Crippen molar-refractivity contribution in [3.8, 4) is 11.3 Å². The number of pyridine rings is 1. The molecule has 0 aliphatic rings. The third-order valence-electron chi connectivity index (χ3n) is 2.83. The van der Waals surface area contributed by atoms with Crippen molar-refractivity contribution in [1.82, 2.24) is 4.98 Å². The first-order valence-corrected chi connectivity index (χ1v) is 6.56. The van der Waals surface area contributed by atoms with E-state index in [4.69, 9.17) is 23.2 Å². The van der Waals surface area contributed by atoms with Crippen molar-refractivity contribution in [1.29, 1.82) is 0 Å². The van der Waals surface area contributed by atoms with E-state index in [-0.39, 0.29) is 5.41 Å². The van der Waals surface area contributed by atoms with Crippen LogP contribution in [0.15, 0.2) is 36.5 Å². The number of nitrogens with zero attached hydrogens (tertiary/aromatic N) is 1. The summed E-state index contributed by atoms with van der Waals surface area (Å²) < 4.78 is 0. The molecule has 0 radical (unpaired) electrons. The van der Waals surface area contributed by atoms with Gasteiger partial charge in [0.25, 0.3) is 0 Å². The molecule has 0 aliphatic carbocycles. The number of aromatic nitrogens is 1. The summed E-state index contributed by atoms with van der Waals surface area (Å²) in [6, 6.07) is 9.64. The Morgan fingerprint density at radius 2 is 1.61 bits per heavy atom. The van der Waals surface area contributed by atoms with Gasteiger partial charge in [0, 0.05) is 11.8 Å². The smallest absolute Gasteiger partial charge is 0.0731 e. The summed E-state index contributed by atoms with van der Waals surface area (Å²) in [5, 5.41) is 1.29. The molecule has 2 rings (SSSR count). The summed E-state index contributed by atoms with van der Waals surface area (Å²) in [7, 11) is 0. The van der Waals surface area contributed by atoms with Crippen molar-refractivity contribution in [2.45, 2.75) is 26.2 Å². The van der Waals surface area contributed by atoms with Crippen LogP contribution in [0.25, 0.3) is 11.3 Å². The van der Waals surface area contributed by atoms with E-state index in [1.807, 2.05) is 30.3 Å². The Bertz CT molecular complexity index is 533. The fourth-order valence-electron chi connectivity index (χ4n) is 1.76. The van der Waals surface area contributed by atoms with Gasteiger partial charge in [-0.3, -0.25) is 4.98 Å². The Hall–Kier alpha value is -1.05. The standard InChI is InChI=1S/C15H15Cl2N/c1-15(2,3)10-8-11(16)14(12(17)9-10)13-6-4-5-7-18-13/h4-9H,1-3H3. The van der Waals surface area contributed by atoms with E-state index < -0.39 is 0 Å². The van der Waals surface area contributed by atoms with Gasteiger partial charge < -0.3 is 0 Å². The second kappa shape index (κ2) is 4.91. The summed E-state index contributed by atoms with van der Waals surface area (Å²) in [5.74, 6) is 0. The maximum absolute atomic E-state index is 6.35. The molecule has 1 aromatic carbocycles. The van der Waals surface area contributed by atoms with Crippen LogP contribution < -0.4 is 0 Å². The van der Waals surface area contributed by atoms with Crippen LogP contribution in [-0.4, -0.2) is 4.98 Å². The van der Waals surface area contributed by atoms with Crippen LogP contribution in [0.2, 0.25) is 10.0 Å². The zero-order valence-corrected chi connectivity index (χ0v) is 12.2. The highest BCUT2D eigenvalue weighted by Crippen LogP contribution is 2.37. The second-order valence-electron chi connectivity index (χ2n) is 5.28. The number of hydrogen-bond acceptors (Lipinski definition) is 1. The number of benzene rings is 1. The fourth-order valence-corrected chi connectivity index (χ4v) is 2.44. The first kappa shape index (κ1) is 13.4. The molecule has 0 aliphatic heterocycles. The molecule has 1 heterocycles. The lowest BCUT2D eigenvalue weighted by molar-refractivity contribution is 0.590. The third-order valence-corrected chi connectivity index (χ3v) is 3.43. The normalized spacial score (nSPS) is 11.6. The molecule has 2 aromatic rings. The van der Waals surface area contributed by atoms with E-state index in [0.717, 1.165) is 16.8 Å². The number of rotatable bonds is 1. The Morgan fingerprint density at radius 3 is 2.06 bits per heavy atom. The molecule has 0 amide bonds. The quantitative estimate of drug-likeness (QED) is 0.685. The summed E-state index contributed by atoms with van der Waals surface area (Å²) in [6.07, 6.45) is 1.74. The number of hydrogen-bond donors (Lipinski definition) is 0. The van der Waals surface area contributed by atoms with Crippen LogP contribution >= 0.6 is 23.2 Å². The predicted octanol–water partition coefficient (Wildman–Crippen LogP) is 5.35. The van der Waals surface area contributed by atoms with Gasteiger partial charge in [0.15, 0.2) is 0 Å². The van der Waals surface area contributed by atoms with Gasteiger partial charge in [0.1, 0.15) is 0 Å².